The highest BCUT2D eigenvalue weighted by Crippen LogP contribution is 2.38. The standard InChI is InChI=1S/C21H27N5O3.C7H8N2.C2H6/c1-4-29-20(27)10-12-26(18-7-5-6-11-23-18)21(28)15-8-9-16-17(13-15)25(3)19(14-22)24(16)2;8-7(9)6-4-2-1-3-5-6;1-2/h5-9,11,13,19H,4,10,12,14,22H2,1-3H3;1-5H,(H3,8,9);1-2H3. The maximum Gasteiger partial charge on any atom is 0.307 e. The summed E-state index contributed by atoms with van der Waals surface area (Å²) in [7, 11) is 3.95. The number of likely N-dealkylation sites (N-methyl/N-ethyl adjacent to an activating group) is 2. The number of carbonyl (C=O) groups excluding carboxylic acids is 2. The molecule has 0 fully saturated rings. The highest BCUT2D eigenvalue weighted by atomic mass is 16.5. The Bertz CT molecular complexity index is 1240. The Balaban J connectivity index is 0.000000428. The van der Waals surface area contributed by atoms with Crippen LogP contribution in [0.2, 0.25) is 0 Å². The summed E-state index contributed by atoms with van der Waals surface area (Å²) in [6.45, 7) is 6.73. The van der Waals surface area contributed by atoms with Gasteiger partial charge in [0, 0.05) is 44.5 Å². The summed E-state index contributed by atoms with van der Waals surface area (Å²) in [5.74, 6) is 0.0496. The third-order valence-electron chi connectivity index (χ3n) is 6.19. The molecule has 0 radical (unpaired) electrons. The van der Waals surface area contributed by atoms with Gasteiger partial charge < -0.3 is 26.0 Å². The number of nitrogens with one attached hydrogen (secondary N) is 1. The first-order valence-corrected chi connectivity index (χ1v) is 13.4. The monoisotopic (exact) mass is 547 g/mol. The van der Waals surface area contributed by atoms with E-state index in [1.807, 2.05) is 76.5 Å². The minimum Gasteiger partial charge on any atom is -0.466 e. The van der Waals surface area contributed by atoms with Crippen molar-refractivity contribution in [3.63, 3.8) is 0 Å². The number of nitrogens with zero attached hydrogens (tertiary/aromatic N) is 4. The van der Waals surface area contributed by atoms with Gasteiger partial charge in [0.15, 0.2) is 0 Å². The molecular formula is C30H41N7O3. The number of pyridine rings is 1. The van der Waals surface area contributed by atoms with Crippen LogP contribution in [0.3, 0.4) is 0 Å². The van der Waals surface area contributed by atoms with Gasteiger partial charge in [0.25, 0.3) is 5.91 Å². The lowest BCUT2D eigenvalue weighted by atomic mass is 10.1. The Kier molecular flexibility index (Phi) is 12.6. The van der Waals surface area contributed by atoms with E-state index in [-0.39, 0.29) is 36.8 Å². The number of aromatic nitrogens is 1. The van der Waals surface area contributed by atoms with Gasteiger partial charge in [0.1, 0.15) is 17.8 Å². The lowest BCUT2D eigenvalue weighted by molar-refractivity contribution is -0.142. The minimum absolute atomic E-state index is 0.0473. The molecule has 40 heavy (non-hydrogen) atoms. The van der Waals surface area contributed by atoms with Gasteiger partial charge in [0.2, 0.25) is 0 Å². The quantitative estimate of drug-likeness (QED) is 0.219. The molecule has 1 unspecified atom stereocenters. The molecule has 2 heterocycles. The number of nitrogen functional groups attached to an aromatic ring is 1. The summed E-state index contributed by atoms with van der Waals surface area (Å²) < 4.78 is 5.00. The number of carbonyl (C=O) groups is 2. The maximum absolute atomic E-state index is 13.3. The summed E-state index contributed by atoms with van der Waals surface area (Å²) in [5.41, 5.74) is 14.4. The van der Waals surface area contributed by atoms with Crippen LogP contribution in [0.1, 0.15) is 43.1 Å². The van der Waals surface area contributed by atoms with Crippen molar-refractivity contribution in [3.05, 3.63) is 84.1 Å². The predicted molar refractivity (Wildman–Crippen MR) is 162 cm³/mol. The first-order valence-electron chi connectivity index (χ1n) is 13.4. The molecule has 0 bridgehead atoms. The van der Waals surface area contributed by atoms with Crippen molar-refractivity contribution in [2.45, 2.75) is 33.4 Å². The van der Waals surface area contributed by atoms with Crippen LogP contribution in [-0.4, -0.2) is 62.7 Å². The molecule has 4 rings (SSSR count). The van der Waals surface area contributed by atoms with Crippen molar-refractivity contribution in [1.29, 1.82) is 5.41 Å². The number of ether oxygens (including phenoxy) is 1. The van der Waals surface area contributed by atoms with E-state index in [9.17, 15) is 9.59 Å². The Morgan fingerprint density at radius 2 is 1.62 bits per heavy atom. The number of anilines is 3. The molecule has 0 saturated carbocycles. The van der Waals surface area contributed by atoms with Crippen LogP contribution in [0.5, 0.6) is 0 Å². The van der Waals surface area contributed by atoms with Crippen LogP contribution in [0, 0.1) is 5.41 Å². The molecule has 5 N–H and O–H groups in total. The van der Waals surface area contributed by atoms with Crippen LogP contribution in [-0.2, 0) is 9.53 Å². The average molecular weight is 548 g/mol. The summed E-state index contributed by atoms with van der Waals surface area (Å²) >= 11 is 0. The fraction of sp³-hybridized carbons (Fsp3) is 0.333. The number of amidine groups is 1. The van der Waals surface area contributed by atoms with E-state index in [2.05, 4.69) is 14.8 Å². The van der Waals surface area contributed by atoms with Crippen molar-refractivity contribution in [3.8, 4) is 0 Å². The van der Waals surface area contributed by atoms with Crippen LogP contribution >= 0.6 is 0 Å². The van der Waals surface area contributed by atoms with Gasteiger partial charge in [-0.1, -0.05) is 50.2 Å². The number of esters is 1. The van der Waals surface area contributed by atoms with E-state index < -0.39 is 0 Å². The zero-order valence-electron chi connectivity index (χ0n) is 24.0. The number of benzene rings is 2. The fourth-order valence-electron chi connectivity index (χ4n) is 4.18. The Morgan fingerprint density at radius 3 is 2.17 bits per heavy atom. The second kappa shape index (κ2) is 15.8. The molecule has 1 aromatic heterocycles. The number of nitrogens with two attached hydrogens (primary N) is 2. The van der Waals surface area contributed by atoms with E-state index in [1.54, 1.807) is 31.3 Å². The van der Waals surface area contributed by atoms with Crippen LogP contribution in [0.15, 0.2) is 72.9 Å². The second-order valence-electron chi connectivity index (χ2n) is 8.62. The van der Waals surface area contributed by atoms with Crippen LogP contribution in [0.4, 0.5) is 17.2 Å². The molecule has 1 aliphatic heterocycles. The molecule has 0 aliphatic carbocycles. The number of fused-ring (bicyclic) bond motifs is 1. The molecule has 1 aliphatic rings. The third kappa shape index (κ3) is 8.03. The SMILES string of the molecule is CC.CCOC(=O)CCN(C(=O)c1ccc2c(c1)N(C)C(CN)N2C)c1ccccn1.N=C(N)c1ccccc1. The van der Waals surface area contributed by atoms with Gasteiger partial charge in [-0.05, 0) is 37.3 Å². The van der Waals surface area contributed by atoms with Crippen molar-refractivity contribution < 1.29 is 14.3 Å². The molecule has 10 heteroatoms. The molecule has 1 atom stereocenters. The zero-order chi connectivity index (χ0) is 29.7. The molecule has 10 nitrogen and oxygen atoms in total. The summed E-state index contributed by atoms with van der Waals surface area (Å²) in [5, 5.41) is 7.01. The summed E-state index contributed by atoms with van der Waals surface area (Å²) in [6, 6.07) is 20.2. The molecule has 1 amide bonds. The smallest absolute Gasteiger partial charge is 0.307 e. The normalized spacial score (nSPS) is 13.2. The van der Waals surface area contributed by atoms with Gasteiger partial charge in [0.05, 0.1) is 24.4 Å². The Labute approximate surface area is 237 Å². The van der Waals surface area contributed by atoms with E-state index in [0.29, 0.717) is 24.5 Å². The number of hydrogen-bond donors (Lipinski definition) is 3. The molecule has 2 aromatic carbocycles. The lowest BCUT2D eigenvalue weighted by Gasteiger charge is -2.26. The third-order valence-corrected chi connectivity index (χ3v) is 6.19. The van der Waals surface area contributed by atoms with Crippen molar-refractivity contribution in [1.82, 2.24) is 4.98 Å². The van der Waals surface area contributed by atoms with Gasteiger partial charge in [-0.3, -0.25) is 19.9 Å². The number of amides is 1. The Morgan fingerprint density at radius 1 is 0.975 bits per heavy atom. The zero-order valence-corrected chi connectivity index (χ0v) is 24.0. The molecule has 214 valence electrons. The largest absolute Gasteiger partial charge is 0.466 e. The molecule has 0 spiro atoms. The topological polar surface area (TPSA) is 142 Å². The van der Waals surface area contributed by atoms with Crippen LogP contribution in [0.25, 0.3) is 0 Å². The highest BCUT2D eigenvalue weighted by molar-refractivity contribution is 6.07. The van der Waals surface area contributed by atoms with Gasteiger partial charge >= 0.3 is 5.97 Å². The predicted octanol–water partition coefficient (Wildman–Crippen LogP) is 3.85. The molecular weight excluding hydrogens is 506 g/mol. The van der Waals surface area contributed by atoms with Crippen molar-refractivity contribution in [2.75, 3.05) is 48.5 Å². The highest BCUT2D eigenvalue weighted by Gasteiger charge is 2.31. The van der Waals surface area contributed by atoms with Crippen molar-refractivity contribution in [2.24, 2.45) is 11.5 Å². The summed E-state index contributed by atoms with van der Waals surface area (Å²) in [6.07, 6.45) is 1.77. The first-order chi connectivity index (χ1) is 19.3. The minimum atomic E-state index is -0.345. The molecule has 3 aromatic rings. The fourth-order valence-corrected chi connectivity index (χ4v) is 4.18. The van der Waals surface area contributed by atoms with E-state index in [0.717, 1.165) is 16.9 Å². The van der Waals surface area contributed by atoms with Crippen LogP contribution < -0.4 is 26.2 Å². The van der Waals surface area contributed by atoms with E-state index >= 15 is 0 Å². The summed E-state index contributed by atoms with van der Waals surface area (Å²) in [4.78, 5) is 35.1. The average Bonchev–Trinajstić information content (AvgIpc) is 3.23. The van der Waals surface area contributed by atoms with Gasteiger partial charge in [-0.15, -0.1) is 0 Å². The maximum atomic E-state index is 13.3. The van der Waals surface area contributed by atoms with Gasteiger partial charge in [-0.25, -0.2) is 4.98 Å². The molecule has 0 saturated heterocycles. The number of rotatable bonds is 8. The second-order valence-corrected chi connectivity index (χ2v) is 8.62. The van der Waals surface area contributed by atoms with Gasteiger partial charge in [-0.2, -0.15) is 0 Å². The Hall–Kier alpha value is -4.44. The first kappa shape index (κ1) is 31.8. The van der Waals surface area contributed by atoms with Crippen molar-refractivity contribution >= 4 is 34.9 Å². The van der Waals surface area contributed by atoms with E-state index in [4.69, 9.17) is 21.6 Å². The lowest BCUT2D eigenvalue weighted by Crippen LogP contribution is -2.44. The van der Waals surface area contributed by atoms with E-state index in [1.165, 1.54) is 4.90 Å². The number of hydrogen-bond acceptors (Lipinski definition) is 8.